The summed E-state index contributed by atoms with van der Waals surface area (Å²) in [6, 6.07) is 0. The minimum Gasteiger partial charge on any atom is -0.0533 e. The molecule has 0 heteroatoms. The van der Waals surface area contributed by atoms with Gasteiger partial charge in [0, 0.05) is 0 Å². The monoisotopic (exact) mass is 300 g/mol. The zero-order valence-electron chi connectivity index (χ0n) is 14.6. The molecule has 124 valence electrons. The molecular formula is C22H36. The van der Waals surface area contributed by atoms with Crippen molar-refractivity contribution in [1.29, 1.82) is 0 Å². The molecule has 0 nitrogen and oxygen atoms in total. The van der Waals surface area contributed by atoms with Gasteiger partial charge >= 0.3 is 0 Å². The summed E-state index contributed by atoms with van der Waals surface area (Å²) >= 11 is 0. The maximum absolute atomic E-state index is 1.67. The minimum absolute atomic E-state index is 0.844. The molecule has 22 heavy (non-hydrogen) atoms. The molecule has 6 saturated carbocycles. The normalized spacial score (nSPS) is 49.6. The molecule has 4 bridgehead atoms. The Balaban J connectivity index is 1.49. The molecule has 0 N–H and O–H groups in total. The van der Waals surface area contributed by atoms with Crippen LogP contribution >= 0.6 is 0 Å². The highest BCUT2D eigenvalue weighted by Crippen LogP contribution is 2.69. The van der Waals surface area contributed by atoms with Crippen LogP contribution in [-0.2, 0) is 0 Å². The SMILES string of the molecule is C1CCC(C2C3CC4CC(C3)CC2(C2CCCCC2)C4)CC1. The van der Waals surface area contributed by atoms with Crippen molar-refractivity contribution in [3.05, 3.63) is 0 Å². The predicted octanol–water partition coefficient (Wildman–Crippen LogP) is 6.59. The van der Waals surface area contributed by atoms with E-state index in [1.807, 2.05) is 0 Å². The zero-order valence-corrected chi connectivity index (χ0v) is 14.6. The second-order valence-electron chi connectivity index (χ2n) is 10.1. The molecule has 6 aliphatic carbocycles. The van der Waals surface area contributed by atoms with Gasteiger partial charge in [0.15, 0.2) is 0 Å². The molecule has 0 heterocycles. The Morgan fingerprint density at radius 1 is 0.545 bits per heavy atom. The first-order valence-corrected chi connectivity index (χ1v) is 10.9. The fraction of sp³-hybridized carbons (Fsp3) is 1.00. The lowest BCUT2D eigenvalue weighted by atomic mass is 9.39. The lowest BCUT2D eigenvalue weighted by molar-refractivity contribution is -0.169. The van der Waals surface area contributed by atoms with E-state index in [0.717, 1.165) is 35.0 Å². The van der Waals surface area contributed by atoms with E-state index in [4.69, 9.17) is 0 Å². The third-order valence-electron chi connectivity index (χ3n) is 9.02. The van der Waals surface area contributed by atoms with Crippen LogP contribution in [0, 0.1) is 40.9 Å². The number of hydrogen-bond acceptors (Lipinski definition) is 0. The van der Waals surface area contributed by atoms with Gasteiger partial charge in [-0.05, 0) is 85.9 Å². The molecule has 0 amide bonds. The quantitative estimate of drug-likeness (QED) is 0.539. The molecule has 3 atom stereocenters. The van der Waals surface area contributed by atoms with Gasteiger partial charge in [0.1, 0.15) is 0 Å². The van der Waals surface area contributed by atoms with Gasteiger partial charge in [-0.2, -0.15) is 0 Å². The molecule has 0 spiro atoms. The fourth-order valence-corrected chi connectivity index (χ4v) is 8.77. The summed E-state index contributed by atoms with van der Waals surface area (Å²) < 4.78 is 0. The first-order valence-electron chi connectivity index (χ1n) is 10.9. The Bertz CT molecular complexity index is 382. The van der Waals surface area contributed by atoms with E-state index in [-0.39, 0.29) is 0 Å². The van der Waals surface area contributed by atoms with E-state index in [9.17, 15) is 0 Å². The van der Waals surface area contributed by atoms with Crippen LogP contribution in [0.3, 0.4) is 0 Å². The summed E-state index contributed by atoms with van der Waals surface area (Å²) in [4.78, 5) is 0. The topological polar surface area (TPSA) is 0 Å². The van der Waals surface area contributed by atoms with Gasteiger partial charge in [-0.25, -0.2) is 0 Å². The van der Waals surface area contributed by atoms with Crippen LogP contribution < -0.4 is 0 Å². The lowest BCUT2D eigenvalue weighted by Gasteiger charge is -2.66. The van der Waals surface area contributed by atoms with Gasteiger partial charge in [0.2, 0.25) is 0 Å². The average molecular weight is 301 g/mol. The molecule has 6 aliphatic rings. The fourth-order valence-electron chi connectivity index (χ4n) is 8.77. The second kappa shape index (κ2) is 5.52. The van der Waals surface area contributed by atoms with Crippen LogP contribution in [0.5, 0.6) is 0 Å². The third-order valence-corrected chi connectivity index (χ3v) is 9.02. The van der Waals surface area contributed by atoms with Gasteiger partial charge < -0.3 is 0 Å². The Morgan fingerprint density at radius 2 is 1.14 bits per heavy atom. The smallest absolute Gasteiger partial charge is 0.0230 e. The number of hydrogen-bond donors (Lipinski definition) is 0. The van der Waals surface area contributed by atoms with Crippen LogP contribution in [0.1, 0.15) is 96.3 Å². The number of rotatable bonds is 2. The van der Waals surface area contributed by atoms with Crippen LogP contribution in [0.2, 0.25) is 0 Å². The maximum Gasteiger partial charge on any atom is -0.0230 e. The van der Waals surface area contributed by atoms with Crippen molar-refractivity contribution in [2.45, 2.75) is 96.3 Å². The summed E-state index contributed by atoms with van der Waals surface area (Å²) in [5, 5.41) is 0. The van der Waals surface area contributed by atoms with Crippen LogP contribution in [0.15, 0.2) is 0 Å². The van der Waals surface area contributed by atoms with Gasteiger partial charge in [-0.3, -0.25) is 0 Å². The minimum atomic E-state index is 0.844. The summed E-state index contributed by atoms with van der Waals surface area (Å²) in [7, 11) is 0. The predicted molar refractivity (Wildman–Crippen MR) is 92.6 cm³/mol. The summed E-state index contributed by atoms with van der Waals surface area (Å²) in [6.45, 7) is 0. The van der Waals surface area contributed by atoms with Gasteiger partial charge in [0.25, 0.3) is 0 Å². The lowest BCUT2D eigenvalue weighted by Crippen LogP contribution is -2.58. The standard InChI is InChI=1S/C22H36/c1-3-7-18(8-4-1)21-19-12-16-11-17(13-19)15-22(21,14-16)20-9-5-2-6-10-20/h16-21H,1-15H2. The van der Waals surface area contributed by atoms with Crippen molar-refractivity contribution >= 4 is 0 Å². The van der Waals surface area contributed by atoms with E-state index >= 15 is 0 Å². The van der Waals surface area contributed by atoms with Crippen molar-refractivity contribution in [3.63, 3.8) is 0 Å². The van der Waals surface area contributed by atoms with Crippen LogP contribution in [0.4, 0.5) is 0 Å². The highest BCUT2D eigenvalue weighted by atomic mass is 14.7. The Labute approximate surface area is 137 Å². The van der Waals surface area contributed by atoms with E-state index in [1.54, 1.807) is 83.5 Å². The van der Waals surface area contributed by atoms with E-state index in [2.05, 4.69) is 0 Å². The molecule has 0 aromatic rings. The van der Waals surface area contributed by atoms with E-state index in [0.29, 0.717) is 0 Å². The second-order valence-corrected chi connectivity index (χ2v) is 10.1. The maximum atomic E-state index is 1.67. The first-order chi connectivity index (χ1) is 10.9. The van der Waals surface area contributed by atoms with Gasteiger partial charge in [-0.15, -0.1) is 0 Å². The largest absolute Gasteiger partial charge is 0.0533 e. The summed E-state index contributed by atoms with van der Waals surface area (Å²) in [5.74, 6) is 6.92. The average Bonchev–Trinajstić information content (AvgIpc) is 2.56. The molecule has 0 radical (unpaired) electrons. The van der Waals surface area contributed by atoms with Gasteiger partial charge in [-0.1, -0.05) is 51.4 Å². The van der Waals surface area contributed by atoms with Crippen molar-refractivity contribution in [3.8, 4) is 0 Å². The molecular weight excluding hydrogens is 264 g/mol. The van der Waals surface area contributed by atoms with Crippen molar-refractivity contribution in [1.82, 2.24) is 0 Å². The molecule has 0 saturated heterocycles. The van der Waals surface area contributed by atoms with Crippen LogP contribution in [-0.4, -0.2) is 0 Å². The van der Waals surface area contributed by atoms with E-state index in [1.165, 1.54) is 18.8 Å². The first kappa shape index (κ1) is 14.4. The van der Waals surface area contributed by atoms with Gasteiger partial charge in [0.05, 0.1) is 0 Å². The molecule has 6 rings (SSSR count). The van der Waals surface area contributed by atoms with Crippen molar-refractivity contribution in [2.24, 2.45) is 40.9 Å². The zero-order chi connectivity index (χ0) is 14.6. The summed E-state index contributed by atoms with van der Waals surface area (Å²) in [6.07, 6.45) is 24.0. The summed E-state index contributed by atoms with van der Waals surface area (Å²) in [5.41, 5.74) is 0.844. The molecule has 6 fully saturated rings. The molecule has 3 unspecified atom stereocenters. The molecule has 0 aromatic heterocycles. The highest BCUT2D eigenvalue weighted by molar-refractivity contribution is 5.10. The van der Waals surface area contributed by atoms with Crippen LogP contribution in [0.25, 0.3) is 0 Å². The van der Waals surface area contributed by atoms with Crippen molar-refractivity contribution in [2.75, 3.05) is 0 Å². The third kappa shape index (κ3) is 2.15. The highest BCUT2D eigenvalue weighted by Gasteiger charge is 2.60. The molecule has 0 aromatic carbocycles. The van der Waals surface area contributed by atoms with Crippen molar-refractivity contribution < 1.29 is 0 Å². The Morgan fingerprint density at radius 3 is 1.77 bits per heavy atom. The Hall–Kier alpha value is 0. The van der Waals surface area contributed by atoms with E-state index < -0.39 is 0 Å². The molecule has 0 aliphatic heterocycles. The Kier molecular flexibility index (Phi) is 3.60.